The first kappa shape index (κ1) is 120. The normalized spacial score (nSPS) is 10.6. The molecule has 11 nitrogen and oxygen atoms in total. The Hall–Kier alpha value is -5.82. The number of methoxy groups -OCH3 is 5. The van der Waals surface area contributed by atoms with Crippen molar-refractivity contribution in [2.24, 2.45) is 0 Å². The molecule has 0 saturated carbocycles. The number of hydrogen-bond donors (Lipinski definition) is 4. The second-order valence-corrected chi connectivity index (χ2v) is 70.7. The third kappa shape index (κ3) is 54.1. The Balaban J connectivity index is 0.00000149. The predicted octanol–water partition coefficient (Wildman–Crippen LogP) is 27.0. The zero-order chi connectivity index (χ0) is 93.1. The van der Waals surface area contributed by atoms with Crippen molar-refractivity contribution in [1.82, 2.24) is 0 Å². The Bertz CT molecular complexity index is 4760. The fraction of sp³-hybridized carbons (Fsp3) is 0.371. The number of unbranched alkanes of at least 4 members (excludes halogenated alkanes) is 6. The zero-order valence-corrected chi connectivity index (χ0v) is 94.2. The number of halogens is 5. The monoisotopic (exact) mass is 2320 g/mol. The van der Waals surface area contributed by atoms with Crippen LogP contribution in [0.3, 0.4) is 0 Å². The maximum atomic E-state index is 11.9. The molecular weight excluding hydrogens is 2180 g/mol. The van der Waals surface area contributed by atoms with E-state index in [0.29, 0.717) is 19.3 Å². The molecule has 9 aromatic rings. The second-order valence-electron chi connectivity index (χ2n) is 30.3. The summed E-state index contributed by atoms with van der Waals surface area (Å²) in [4.78, 5) is 29.3. The molecule has 21 heteroatoms. The molecule has 0 aliphatic rings. The summed E-state index contributed by atoms with van der Waals surface area (Å²) in [5.74, 6) is 21.0. The number of carbonyl (C=O) groups excluding carboxylic acids is 2. The van der Waals surface area contributed by atoms with Crippen molar-refractivity contribution in [2.45, 2.75) is 198 Å². The van der Waals surface area contributed by atoms with Gasteiger partial charge in [-0.2, -0.15) is 0 Å². The van der Waals surface area contributed by atoms with E-state index in [9.17, 15) is 19.8 Å². The Morgan fingerprint density at radius 1 is 0.460 bits per heavy atom. The van der Waals surface area contributed by atoms with Crippen molar-refractivity contribution in [2.75, 3.05) is 42.7 Å². The molecule has 126 heavy (non-hydrogen) atoms. The molecule has 0 bridgehead atoms. The summed E-state index contributed by atoms with van der Waals surface area (Å²) in [6.07, 6.45) is 24.4. The molecule has 4 N–H and O–H groups in total. The van der Waals surface area contributed by atoms with E-state index in [0.717, 1.165) is 98.3 Å². The van der Waals surface area contributed by atoms with Gasteiger partial charge in [0.25, 0.3) is 0 Å². The molecule has 2 atom stereocenters. The summed E-state index contributed by atoms with van der Waals surface area (Å²) in [7, 11) is 9.26. The number of terminal acetylenes is 1. The van der Waals surface area contributed by atoms with Gasteiger partial charge in [-0.3, -0.25) is 9.59 Å². The minimum absolute atomic E-state index is 0. The maximum absolute atomic E-state index is 11.9. The number of carbonyl (C=O) groups is 2. The van der Waals surface area contributed by atoms with E-state index in [2.05, 4.69) is 196 Å². The van der Waals surface area contributed by atoms with Crippen LogP contribution in [0.1, 0.15) is 169 Å². The Labute approximate surface area is 822 Å². The Morgan fingerprint density at radius 2 is 0.794 bits per heavy atom. The van der Waals surface area contributed by atoms with Gasteiger partial charge in [-0.05, 0) is 107 Å². The summed E-state index contributed by atoms with van der Waals surface area (Å²) in [5, 5.41) is 28.0. The molecule has 9 rings (SSSR count). The van der Waals surface area contributed by atoms with E-state index in [1.54, 1.807) is 71.0 Å². The van der Waals surface area contributed by atoms with E-state index in [-0.39, 0.29) is 25.9 Å². The average Bonchev–Trinajstić information content (AvgIpc) is 0.788. The van der Waals surface area contributed by atoms with E-state index in [4.69, 9.17) is 51.2 Å². The number of nitrogens with one attached hydrogen (secondary N) is 1. The summed E-state index contributed by atoms with van der Waals surface area (Å²) < 4.78 is 49.6. The Kier molecular flexibility index (Phi) is 71.3. The van der Waals surface area contributed by atoms with Gasteiger partial charge in [-0.15, -0.1) is 6.42 Å². The van der Waals surface area contributed by atoms with Gasteiger partial charge in [-0.25, -0.2) is 0 Å². The van der Waals surface area contributed by atoms with Gasteiger partial charge < -0.3 is 24.4 Å². The van der Waals surface area contributed by atoms with Crippen LogP contribution in [0.2, 0.25) is 41.4 Å². The summed E-state index contributed by atoms with van der Waals surface area (Å²) in [6, 6.07) is 70.0. The van der Waals surface area contributed by atoms with Crippen LogP contribution in [-0.4, -0.2) is 162 Å². The van der Waals surface area contributed by atoms with Crippen LogP contribution in [0.5, 0.6) is 28.7 Å². The van der Waals surface area contributed by atoms with Gasteiger partial charge in [0.2, 0.25) is 11.0 Å². The van der Waals surface area contributed by atoms with Crippen molar-refractivity contribution in [3.05, 3.63) is 292 Å². The van der Waals surface area contributed by atoms with Crippen molar-refractivity contribution >= 4 is 171 Å². The second kappa shape index (κ2) is 74.8. The number of ether oxygens (including phenoxy) is 5. The third-order valence-corrected chi connectivity index (χ3v) is 51.3. The molecule has 4 radical (unpaired) electrons. The molecule has 0 aliphatic carbocycles. The third-order valence-electron chi connectivity index (χ3n) is 19.3. The molecule has 0 saturated heterocycles. The number of benzene rings is 9. The van der Waals surface area contributed by atoms with Crippen molar-refractivity contribution in [3.63, 3.8) is 0 Å². The van der Waals surface area contributed by atoms with Crippen LogP contribution in [0.15, 0.2) is 242 Å². The van der Waals surface area contributed by atoms with Gasteiger partial charge in [-0.1, -0.05) is 144 Å². The molecule has 0 amide bonds. The number of hydrogen-bond acceptors (Lipinski definition) is 11. The Morgan fingerprint density at radius 3 is 1.16 bits per heavy atom. The van der Waals surface area contributed by atoms with Gasteiger partial charge in [0.1, 0.15) is 23.4 Å². The molecule has 0 heterocycles. The standard InChI is InChI=1S/C17H16BrO2.C17H15BrO2.C17H13BrO2.C9H8O.C9H7O.C8H6BrClO.6C4H9.CH4O.3CH3.Al.B.HN.3Sn.H/c3*1-20-16-7-4-5-13(11-16)9-10-15(19)12-14-6-2-3-8-17(14)18;2*1-3-8-5-4-6-9(7-8)10-2;9-7-4-2-1-3-6(7)5-8(10)11;6*1-3-4-2;1-2;;;;;;;;;;/h2-8,10-11,15,19H,12H2,1H3;2-8,11,15,19H,12H2,1H3;2-8,11H,12H2,1H3;1,4-7H,2H3;4-7H,2H3;1-4H,5H2;6*1,3-4H2,2H3;2H,1H3;3*1H3;;;1H;;;;/t2*15-;;;;;;;;;;;;;;;;;;;;;/m00...................../s1. The molecule has 9 aromatic carbocycles. The molecule has 672 valence electrons. The molecule has 0 fully saturated rings. The number of aliphatic hydroxyl groups is 3. The van der Waals surface area contributed by atoms with E-state index in [1.807, 2.05) is 182 Å². The summed E-state index contributed by atoms with van der Waals surface area (Å²) >= 11 is 15.0. The van der Waals surface area contributed by atoms with Crippen molar-refractivity contribution in [1.29, 1.82) is 4.35 Å². The first-order valence-electron chi connectivity index (χ1n) is 43.0. The summed E-state index contributed by atoms with van der Waals surface area (Å²) in [5.41, 5.74) is 8.84. The average molecular weight is 2320 g/mol. The fourth-order valence-electron chi connectivity index (χ4n) is 12.7. The number of ketones is 1. The van der Waals surface area contributed by atoms with Crippen molar-refractivity contribution in [3.8, 4) is 74.6 Å². The van der Waals surface area contributed by atoms with Gasteiger partial charge in [0.15, 0.2) is 0 Å². The van der Waals surface area contributed by atoms with Gasteiger partial charge in [0.05, 0.1) is 21.3 Å². The first-order valence-corrected chi connectivity index (χ1v) is 71.6. The van der Waals surface area contributed by atoms with Crippen LogP contribution in [-0.2, 0) is 35.3 Å². The zero-order valence-electron chi connectivity index (χ0n) is 77.0. The molecule has 0 aromatic heterocycles. The quantitative estimate of drug-likeness (QED) is 0.0173. The first-order chi connectivity index (χ1) is 60.3. The predicted molar refractivity (Wildman–Crippen MR) is 558 cm³/mol. The van der Waals surface area contributed by atoms with E-state index >= 15 is 0 Å². The molecular formula is C105H134AlBBr4ClNO10Sn3. The molecule has 0 spiro atoms. The SMILES string of the molecule is C#Cc1cccc(OC)c1.CCC[CH2][SnH]([CH2]CCC)[CH2]CCC.CCC[CH2][Sn]([CH2]CCC)([CH2]CCC)/[C](=C\[C@H](O)Cc1ccccc1Br)c1cccc(OC)c1.CO.COc1cccc(C#CC(=O)Cc2ccccc2Br)c1.COc1cccc(C#C[C@H](O)Cc2ccccc2Br)c1.COc1cccc(C#[C][Sn]([CH3])([CH3])[CH3])c1.O=C(Cl)Cc1ccccc1Br.[B].[NH]=[Al]. The molecule has 0 unspecified atom stereocenters. The fourth-order valence-corrected chi connectivity index (χ4v) is 44.0. The van der Waals surface area contributed by atoms with E-state index < -0.39 is 68.7 Å². The van der Waals surface area contributed by atoms with Crippen LogP contribution >= 0.6 is 75.3 Å². The van der Waals surface area contributed by atoms with E-state index in [1.165, 1.54) is 99.5 Å². The molecule has 0 aliphatic heterocycles. The van der Waals surface area contributed by atoms with Crippen molar-refractivity contribution < 1.29 is 48.6 Å². The number of rotatable bonds is 34. The van der Waals surface area contributed by atoms with Gasteiger partial charge in [0, 0.05) is 64.9 Å². The van der Waals surface area contributed by atoms with Crippen LogP contribution in [0.4, 0.5) is 0 Å². The van der Waals surface area contributed by atoms with Crippen LogP contribution in [0.25, 0.3) is 3.59 Å². The number of Topliss-reactive ketones (excluding diaryl/α,β-unsaturated/α-hetero) is 1. The topological polar surface area (TPSA) is 165 Å². The van der Waals surface area contributed by atoms with Crippen LogP contribution in [0, 0.1) is 50.2 Å². The number of aliphatic hydroxyl groups excluding tert-OH is 3. The summed E-state index contributed by atoms with van der Waals surface area (Å²) in [6.45, 7) is 13.9. The van der Waals surface area contributed by atoms with Crippen LogP contribution < -0.4 is 23.7 Å². The van der Waals surface area contributed by atoms with Gasteiger partial charge >= 0.3 is 419 Å². The minimum atomic E-state index is -2.80.